The third kappa shape index (κ3) is 4.99. The Labute approximate surface area is 145 Å². The molecule has 0 fully saturated rings. The van der Waals surface area contributed by atoms with E-state index < -0.39 is 29.8 Å². The van der Waals surface area contributed by atoms with Crippen molar-refractivity contribution >= 4 is 17.6 Å². The van der Waals surface area contributed by atoms with E-state index >= 15 is 0 Å². The van der Waals surface area contributed by atoms with E-state index in [1.807, 2.05) is 0 Å². The van der Waals surface area contributed by atoms with Crippen LogP contribution in [0.2, 0.25) is 5.02 Å². The van der Waals surface area contributed by atoms with Crippen LogP contribution < -0.4 is 10.3 Å². The van der Waals surface area contributed by atoms with Crippen molar-refractivity contribution in [3.05, 3.63) is 63.0 Å². The van der Waals surface area contributed by atoms with Crippen LogP contribution in [-0.2, 0) is 28.9 Å². The number of esters is 1. The van der Waals surface area contributed by atoms with Gasteiger partial charge in [0.1, 0.15) is 18.9 Å². The molecule has 1 aromatic carbocycles. The van der Waals surface area contributed by atoms with Crippen molar-refractivity contribution < 1.29 is 27.4 Å². The van der Waals surface area contributed by atoms with Gasteiger partial charge in [-0.2, -0.15) is 13.2 Å². The topological polar surface area (TPSA) is 57.5 Å². The first kappa shape index (κ1) is 18.9. The summed E-state index contributed by atoms with van der Waals surface area (Å²) in [7, 11) is 1.43. The van der Waals surface area contributed by atoms with E-state index in [2.05, 4.69) is 0 Å². The predicted molar refractivity (Wildman–Crippen MR) is 83.5 cm³/mol. The number of methoxy groups -OCH3 is 1. The zero-order valence-corrected chi connectivity index (χ0v) is 13.7. The number of carbonyl (C=O) groups is 1. The fraction of sp³-hybridized carbons (Fsp3) is 0.250. The Morgan fingerprint density at radius 3 is 2.60 bits per heavy atom. The minimum Gasteiger partial charge on any atom is -0.496 e. The number of aromatic nitrogens is 1. The molecule has 0 saturated carbocycles. The number of nitrogens with zero attached hydrogens (tertiary/aromatic N) is 1. The second-order valence-corrected chi connectivity index (χ2v) is 5.43. The van der Waals surface area contributed by atoms with Gasteiger partial charge in [0.2, 0.25) is 0 Å². The van der Waals surface area contributed by atoms with Crippen LogP contribution in [0.3, 0.4) is 0 Å². The molecule has 0 amide bonds. The van der Waals surface area contributed by atoms with Gasteiger partial charge in [-0.25, -0.2) is 0 Å². The van der Waals surface area contributed by atoms with Crippen molar-refractivity contribution in [3.8, 4) is 5.75 Å². The van der Waals surface area contributed by atoms with E-state index in [1.165, 1.54) is 13.2 Å². The highest BCUT2D eigenvalue weighted by atomic mass is 35.5. The molecule has 0 atom stereocenters. The molecule has 25 heavy (non-hydrogen) atoms. The number of halogens is 4. The van der Waals surface area contributed by atoms with Crippen LogP contribution in [-0.4, -0.2) is 17.6 Å². The minimum atomic E-state index is -4.62. The fourth-order valence-electron chi connectivity index (χ4n) is 2.03. The normalized spacial score (nSPS) is 11.2. The van der Waals surface area contributed by atoms with Crippen LogP contribution in [0.25, 0.3) is 0 Å². The van der Waals surface area contributed by atoms with Gasteiger partial charge in [-0.1, -0.05) is 11.6 Å². The fourth-order valence-corrected chi connectivity index (χ4v) is 2.22. The van der Waals surface area contributed by atoms with Gasteiger partial charge in [-0.15, -0.1) is 0 Å². The molecule has 0 aliphatic carbocycles. The summed E-state index contributed by atoms with van der Waals surface area (Å²) in [5.74, 6) is -0.433. The molecule has 2 aromatic rings. The molecule has 0 radical (unpaired) electrons. The summed E-state index contributed by atoms with van der Waals surface area (Å²) < 4.78 is 48.7. The molecule has 0 aliphatic rings. The summed E-state index contributed by atoms with van der Waals surface area (Å²) in [6.07, 6.45) is -4.04. The quantitative estimate of drug-likeness (QED) is 0.753. The Kier molecular flexibility index (Phi) is 5.73. The number of hydrogen-bond donors (Lipinski definition) is 0. The number of pyridine rings is 1. The Balaban J connectivity index is 2.09. The first-order valence-corrected chi connectivity index (χ1v) is 7.34. The first-order valence-electron chi connectivity index (χ1n) is 6.96. The lowest BCUT2D eigenvalue weighted by molar-refractivity contribution is -0.146. The van der Waals surface area contributed by atoms with Crippen LogP contribution in [0.1, 0.15) is 11.1 Å². The summed E-state index contributed by atoms with van der Waals surface area (Å²) in [6.45, 7) is -0.845. The average molecular weight is 376 g/mol. The second kappa shape index (κ2) is 7.60. The van der Waals surface area contributed by atoms with Gasteiger partial charge in [0, 0.05) is 22.8 Å². The van der Waals surface area contributed by atoms with E-state index in [0.717, 1.165) is 6.07 Å². The summed E-state index contributed by atoms with van der Waals surface area (Å²) in [4.78, 5) is 23.5. The largest absolute Gasteiger partial charge is 0.496 e. The maximum Gasteiger partial charge on any atom is 0.417 e. The lowest BCUT2D eigenvalue weighted by Gasteiger charge is -2.12. The van der Waals surface area contributed by atoms with Crippen molar-refractivity contribution in [3.63, 3.8) is 0 Å². The van der Waals surface area contributed by atoms with Crippen molar-refractivity contribution in [1.29, 1.82) is 0 Å². The van der Waals surface area contributed by atoms with Crippen molar-refractivity contribution in [2.75, 3.05) is 7.11 Å². The molecular formula is C16H13ClF3NO4. The van der Waals surface area contributed by atoms with Crippen LogP contribution in [0, 0.1) is 0 Å². The molecule has 2 rings (SSSR count). The van der Waals surface area contributed by atoms with Crippen molar-refractivity contribution in [2.24, 2.45) is 0 Å². The zero-order chi connectivity index (χ0) is 18.6. The smallest absolute Gasteiger partial charge is 0.417 e. The number of benzene rings is 1. The van der Waals surface area contributed by atoms with E-state index in [-0.39, 0.29) is 6.61 Å². The predicted octanol–water partition coefficient (Wildman–Crippen LogP) is 3.27. The monoisotopic (exact) mass is 375 g/mol. The minimum absolute atomic E-state index is 0.198. The molecule has 0 saturated heterocycles. The first-order chi connectivity index (χ1) is 11.7. The molecule has 5 nitrogen and oxygen atoms in total. The standard InChI is InChI=1S/C16H13ClF3NO4/c1-24-13-4-3-12(17)6-10(13)9-25-15(23)8-21-7-11(16(18,19)20)2-5-14(21)22/h2-7H,8-9H2,1H3. The van der Waals surface area contributed by atoms with Gasteiger partial charge in [0.15, 0.2) is 0 Å². The Morgan fingerprint density at radius 1 is 1.24 bits per heavy atom. The lowest BCUT2D eigenvalue weighted by Crippen LogP contribution is -2.26. The van der Waals surface area contributed by atoms with Crippen molar-refractivity contribution in [2.45, 2.75) is 19.3 Å². The average Bonchev–Trinajstić information content (AvgIpc) is 2.54. The van der Waals surface area contributed by atoms with Crippen LogP contribution >= 0.6 is 11.6 Å². The zero-order valence-electron chi connectivity index (χ0n) is 13.0. The number of carbonyl (C=O) groups excluding carboxylic acids is 1. The molecular weight excluding hydrogens is 363 g/mol. The highest BCUT2D eigenvalue weighted by Gasteiger charge is 2.31. The van der Waals surface area contributed by atoms with Gasteiger partial charge < -0.3 is 14.0 Å². The molecule has 9 heteroatoms. The van der Waals surface area contributed by atoms with Crippen LogP contribution in [0.15, 0.2) is 41.3 Å². The molecule has 0 unspecified atom stereocenters. The van der Waals surface area contributed by atoms with E-state index in [1.54, 1.807) is 12.1 Å². The van der Waals surface area contributed by atoms with E-state index in [9.17, 15) is 22.8 Å². The van der Waals surface area contributed by atoms with Gasteiger partial charge >= 0.3 is 12.1 Å². The van der Waals surface area contributed by atoms with Crippen molar-refractivity contribution in [1.82, 2.24) is 4.57 Å². The maximum absolute atomic E-state index is 12.7. The molecule has 1 aromatic heterocycles. The molecule has 1 heterocycles. The molecule has 0 N–H and O–H groups in total. The molecule has 0 aliphatic heterocycles. The highest BCUT2D eigenvalue weighted by Crippen LogP contribution is 2.28. The lowest BCUT2D eigenvalue weighted by atomic mass is 10.2. The SMILES string of the molecule is COc1ccc(Cl)cc1COC(=O)Cn1cc(C(F)(F)F)ccc1=O. The highest BCUT2D eigenvalue weighted by molar-refractivity contribution is 6.30. The van der Waals surface area contributed by atoms with Gasteiger partial charge in [-0.05, 0) is 24.3 Å². The number of ether oxygens (including phenoxy) is 2. The third-order valence-electron chi connectivity index (χ3n) is 3.24. The third-order valence-corrected chi connectivity index (χ3v) is 3.48. The molecule has 0 spiro atoms. The van der Waals surface area contributed by atoms with Crippen LogP contribution in [0.4, 0.5) is 13.2 Å². The Hall–Kier alpha value is -2.48. The maximum atomic E-state index is 12.7. The Morgan fingerprint density at radius 2 is 1.96 bits per heavy atom. The van der Waals surface area contributed by atoms with Crippen LogP contribution in [0.5, 0.6) is 5.75 Å². The number of hydrogen-bond acceptors (Lipinski definition) is 4. The summed E-state index contributed by atoms with van der Waals surface area (Å²) in [6, 6.07) is 6.11. The number of alkyl halides is 3. The van der Waals surface area contributed by atoms with Gasteiger partial charge in [0.25, 0.3) is 5.56 Å². The summed E-state index contributed by atoms with van der Waals surface area (Å²) in [5.41, 5.74) is -1.29. The summed E-state index contributed by atoms with van der Waals surface area (Å²) >= 11 is 5.85. The van der Waals surface area contributed by atoms with Gasteiger partial charge in [0.05, 0.1) is 12.7 Å². The van der Waals surface area contributed by atoms with E-state index in [0.29, 0.717) is 33.2 Å². The van der Waals surface area contributed by atoms with Gasteiger partial charge in [-0.3, -0.25) is 9.59 Å². The van der Waals surface area contributed by atoms with E-state index in [4.69, 9.17) is 21.1 Å². The molecule has 134 valence electrons. The summed E-state index contributed by atoms with van der Waals surface area (Å²) in [5, 5.41) is 0.404. The second-order valence-electron chi connectivity index (χ2n) is 5.00. The molecule has 0 bridgehead atoms. The Bertz CT molecular complexity index is 833. The number of rotatable bonds is 5.